The van der Waals surface area contributed by atoms with Gasteiger partial charge in [-0.05, 0) is 30.5 Å². The predicted molar refractivity (Wildman–Crippen MR) is 87.0 cm³/mol. The third-order valence-electron chi connectivity index (χ3n) is 3.65. The average Bonchev–Trinajstić information content (AvgIpc) is 2.92. The van der Waals surface area contributed by atoms with Crippen molar-refractivity contribution in [1.82, 2.24) is 16.2 Å². The summed E-state index contributed by atoms with van der Waals surface area (Å²) in [7, 11) is 0. The van der Waals surface area contributed by atoms with Gasteiger partial charge in [-0.15, -0.1) is 12.4 Å². The molecule has 1 aromatic carbocycles. The van der Waals surface area contributed by atoms with Gasteiger partial charge in [0.15, 0.2) is 0 Å². The summed E-state index contributed by atoms with van der Waals surface area (Å²) in [6.07, 6.45) is 4.47. The maximum absolute atomic E-state index is 12.1. The molecule has 0 aliphatic carbocycles. The van der Waals surface area contributed by atoms with Gasteiger partial charge in [0.1, 0.15) is 0 Å². The maximum atomic E-state index is 12.1. The molecule has 0 aromatic heterocycles. The van der Waals surface area contributed by atoms with Crippen molar-refractivity contribution >= 4 is 18.3 Å². The number of hydrogen-bond donors (Lipinski definition) is 4. The third kappa shape index (κ3) is 5.28. The molecule has 5 N–H and O–H groups in total. The standard InChI is InChI=1S/C15H24N4O.ClH/c1-2-3-4-13-9-14(19-18-13)17-15(20)12-7-5-11(10-16)6-8-12;/h5-8,13-14,18-19H,2-4,9-10,16H2,1H3,(H,17,20);1H. The van der Waals surface area contributed by atoms with Crippen LogP contribution < -0.4 is 21.9 Å². The Morgan fingerprint density at radius 2 is 2.05 bits per heavy atom. The molecule has 0 radical (unpaired) electrons. The maximum Gasteiger partial charge on any atom is 0.252 e. The van der Waals surface area contributed by atoms with Crippen molar-refractivity contribution in [3.63, 3.8) is 0 Å². The molecule has 118 valence electrons. The minimum atomic E-state index is -0.0518. The molecule has 1 aromatic rings. The van der Waals surface area contributed by atoms with E-state index in [9.17, 15) is 4.79 Å². The largest absolute Gasteiger partial charge is 0.335 e. The van der Waals surface area contributed by atoms with Crippen LogP contribution in [0, 0.1) is 0 Å². The number of carbonyl (C=O) groups is 1. The van der Waals surface area contributed by atoms with Crippen molar-refractivity contribution in [1.29, 1.82) is 0 Å². The van der Waals surface area contributed by atoms with Gasteiger partial charge in [-0.2, -0.15) is 0 Å². The summed E-state index contributed by atoms with van der Waals surface area (Å²) >= 11 is 0. The molecule has 5 nitrogen and oxygen atoms in total. The van der Waals surface area contributed by atoms with E-state index in [2.05, 4.69) is 23.1 Å². The average molecular weight is 313 g/mol. The van der Waals surface area contributed by atoms with E-state index in [0.29, 0.717) is 18.2 Å². The van der Waals surface area contributed by atoms with E-state index >= 15 is 0 Å². The number of amides is 1. The number of carbonyl (C=O) groups excluding carboxylic acids is 1. The van der Waals surface area contributed by atoms with Crippen molar-refractivity contribution in [2.24, 2.45) is 5.73 Å². The monoisotopic (exact) mass is 312 g/mol. The minimum Gasteiger partial charge on any atom is -0.335 e. The Balaban J connectivity index is 0.00000220. The Kier molecular flexibility index (Phi) is 7.67. The molecule has 0 bridgehead atoms. The van der Waals surface area contributed by atoms with Gasteiger partial charge in [-0.3, -0.25) is 10.2 Å². The summed E-state index contributed by atoms with van der Waals surface area (Å²) in [6.45, 7) is 2.68. The normalized spacial score (nSPS) is 20.9. The molecule has 6 heteroatoms. The van der Waals surface area contributed by atoms with Crippen LogP contribution in [0.4, 0.5) is 0 Å². The number of unbranched alkanes of at least 4 members (excludes halogenated alkanes) is 1. The summed E-state index contributed by atoms with van der Waals surface area (Å²) in [4.78, 5) is 12.1. The second kappa shape index (κ2) is 9.00. The predicted octanol–water partition coefficient (Wildman–Crippen LogP) is 1.68. The van der Waals surface area contributed by atoms with Gasteiger partial charge in [0.05, 0.1) is 6.17 Å². The zero-order chi connectivity index (χ0) is 14.4. The number of hydrogen-bond acceptors (Lipinski definition) is 4. The molecule has 1 saturated heterocycles. The van der Waals surface area contributed by atoms with E-state index in [4.69, 9.17) is 5.73 Å². The highest BCUT2D eigenvalue weighted by molar-refractivity contribution is 5.94. The number of nitrogens with one attached hydrogen (secondary N) is 3. The Labute approximate surface area is 132 Å². The SMILES string of the molecule is CCCCC1CC(NC(=O)c2ccc(CN)cc2)NN1.Cl. The first-order valence-corrected chi connectivity index (χ1v) is 7.34. The number of nitrogens with two attached hydrogens (primary N) is 1. The van der Waals surface area contributed by atoms with Crippen LogP contribution in [0.25, 0.3) is 0 Å². The summed E-state index contributed by atoms with van der Waals surface area (Å²) in [5.74, 6) is -0.0518. The van der Waals surface area contributed by atoms with E-state index in [-0.39, 0.29) is 24.5 Å². The van der Waals surface area contributed by atoms with E-state index in [1.807, 2.05) is 24.3 Å². The first kappa shape index (κ1) is 17.9. The van der Waals surface area contributed by atoms with Crippen molar-refractivity contribution < 1.29 is 4.79 Å². The molecule has 0 spiro atoms. The lowest BCUT2D eigenvalue weighted by atomic mass is 10.1. The first-order chi connectivity index (χ1) is 9.72. The van der Waals surface area contributed by atoms with Gasteiger partial charge in [-0.1, -0.05) is 31.9 Å². The highest BCUT2D eigenvalue weighted by Gasteiger charge is 2.24. The van der Waals surface area contributed by atoms with Crippen LogP contribution in [0.3, 0.4) is 0 Å². The summed E-state index contributed by atoms with van der Waals surface area (Å²) < 4.78 is 0. The van der Waals surface area contributed by atoms with Crippen LogP contribution in [0.1, 0.15) is 48.5 Å². The van der Waals surface area contributed by atoms with Crippen molar-refractivity contribution in [2.45, 2.75) is 51.4 Å². The smallest absolute Gasteiger partial charge is 0.252 e. The van der Waals surface area contributed by atoms with Crippen LogP contribution in [-0.2, 0) is 6.54 Å². The van der Waals surface area contributed by atoms with Crippen molar-refractivity contribution in [3.8, 4) is 0 Å². The Morgan fingerprint density at radius 3 is 2.67 bits per heavy atom. The van der Waals surface area contributed by atoms with Crippen LogP contribution in [0.2, 0.25) is 0 Å². The summed E-state index contributed by atoms with van der Waals surface area (Å²) in [5.41, 5.74) is 13.6. The quantitative estimate of drug-likeness (QED) is 0.644. The molecule has 2 atom stereocenters. The van der Waals surface area contributed by atoms with Gasteiger partial charge >= 0.3 is 0 Å². The van der Waals surface area contributed by atoms with E-state index in [1.54, 1.807) is 0 Å². The lowest BCUT2D eigenvalue weighted by Gasteiger charge is -2.12. The summed E-state index contributed by atoms with van der Waals surface area (Å²) in [5, 5.41) is 3.00. The van der Waals surface area contributed by atoms with Gasteiger partial charge in [0.25, 0.3) is 5.91 Å². The first-order valence-electron chi connectivity index (χ1n) is 7.34. The molecule has 1 heterocycles. The fraction of sp³-hybridized carbons (Fsp3) is 0.533. The minimum absolute atomic E-state index is 0. The fourth-order valence-corrected chi connectivity index (χ4v) is 2.39. The number of rotatable bonds is 6. The van der Waals surface area contributed by atoms with Crippen molar-refractivity contribution in [3.05, 3.63) is 35.4 Å². The highest BCUT2D eigenvalue weighted by atomic mass is 35.5. The lowest BCUT2D eigenvalue weighted by molar-refractivity contribution is 0.0932. The number of halogens is 1. The molecule has 1 aliphatic rings. The second-order valence-corrected chi connectivity index (χ2v) is 5.29. The van der Waals surface area contributed by atoms with Gasteiger partial charge < -0.3 is 11.1 Å². The van der Waals surface area contributed by atoms with Crippen LogP contribution >= 0.6 is 12.4 Å². The van der Waals surface area contributed by atoms with Gasteiger partial charge in [-0.25, -0.2) is 5.43 Å². The third-order valence-corrected chi connectivity index (χ3v) is 3.65. The van der Waals surface area contributed by atoms with Gasteiger partial charge in [0, 0.05) is 18.2 Å². The topological polar surface area (TPSA) is 79.2 Å². The fourth-order valence-electron chi connectivity index (χ4n) is 2.39. The molecule has 2 rings (SSSR count). The zero-order valence-electron chi connectivity index (χ0n) is 12.4. The Bertz CT molecular complexity index is 438. The Morgan fingerprint density at radius 1 is 1.33 bits per heavy atom. The molecule has 1 amide bonds. The number of hydrazine groups is 1. The summed E-state index contributed by atoms with van der Waals surface area (Å²) in [6, 6.07) is 7.85. The molecular weight excluding hydrogens is 288 g/mol. The van der Waals surface area contributed by atoms with E-state index in [0.717, 1.165) is 18.4 Å². The molecule has 0 saturated carbocycles. The van der Waals surface area contributed by atoms with Crippen LogP contribution in [-0.4, -0.2) is 18.1 Å². The van der Waals surface area contributed by atoms with Gasteiger partial charge in [0.2, 0.25) is 0 Å². The molecule has 2 unspecified atom stereocenters. The van der Waals surface area contributed by atoms with Crippen LogP contribution in [0.15, 0.2) is 24.3 Å². The lowest BCUT2D eigenvalue weighted by Crippen LogP contribution is -2.44. The highest BCUT2D eigenvalue weighted by Crippen LogP contribution is 2.11. The van der Waals surface area contributed by atoms with Crippen LogP contribution in [0.5, 0.6) is 0 Å². The zero-order valence-corrected chi connectivity index (χ0v) is 13.2. The van der Waals surface area contributed by atoms with E-state index < -0.39 is 0 Å². The molecule has 21 heavy (non-hydrogen) atoms. The molecule has 1 aliphatic heterocycles. The Hall–Kier alpha value is -1.14. The van der Waals surface area contributed by atoms with Crippen molar-refractivity contribution in [2.75, 3.05) is 0 Å². The molecule has 1 fully saturated rings. The molecular formula is C15H25ClN4O. The second-order valence-electron chi connectivity index (χ2n) is 5.29. The number of benzene rings is 1. The van der Waals surface area contributed by atoms with E-state index in [1.165, 1.54) is 12.8 Å².